The minimum absolute atomic E-state index is 0.0308. The zero-order valence-electron chi connectivity index (χ0n) is 11.5. The second-order valence-electron chi connectivity index (χ2n) is 5.05. The average molecular weight is 302 g/mol. The molecule has 0 aromatic heterocycles. The van der Waals surface area contributed by atoms with E-state index in [1.807, 2.05) is 13.8 Å². The highest BCUT2D eigenvalue weighted by Gasteiger charge is 2.17. The highest BCUT2D eigenvalue weighted by atomic mass is 32.2. The van der Waals surface area contributed by atoms with Crippen LogP contribution in [0.1, 0.15) is 20.3 Å². The molecule has 0 saturated heterocycles. The number of rotatable bonds is 6. The Morgan fingerprint density at radius 1 is 1.40 bits per heavy atom. The van der Waals surface area contributed by atoms with Gasteiger partial charge in [0.25, 0.3) is 0 Å². The molecule has 3 N–H and O–H groups in total. The number of halogens is 1. The molecule has 0 heterocycles. The van der Waals surface area contributed by atoms with Crippen molar-refractivity contribution in [2.24, 2.45) is 5.92 Å². The molecule has 1 amide bonds. The van der Waals surface area contributed by atoms with Crippen molar-refractivity contribution >= 4 is 27.1 Å². The van der Waals surface area contributed by atoms with Gasteiger partial charge < -0.3 is 11.1 Å². The van der Waals surface area contributed by atoms with Gasteiger partial charge in [0.15, 0.2) is 9.84 Å². The first kappa shape index (κ1) is 16.4. The normalized spacial score (nSPS) is 11.6. The van der Waals surface area contributed by atoms with Crippen molar-refractivity contribution in [3.63, 3.8) is 0 Å². The molecule has 112 valence electrons. The number of nitrogens with two attached hydrogens (primary N) is 1. The molecule has 0 spiro atoms. The number of amides is 1. The summed E-state index contributed by atoms with van der Waals surface area (Å²) < 4.78 is 36.3. The SMILES string of the molecule is CC(C)CCS(=O)(=O)CC(=O)Nc1ccc(F)cc1N. The Kier molecular flexibility index (Phi) is 5.50. The van der Waals surface area contributed by atoms with Crippen molar-refractivity contribution in [3.8, 4) is 0 Å². The van der Waals surface area contributed by atoms with Crippen LogP contribution in [0.15, 0.2) is 18.2 Å². The Bertz CT molecular complexity index is 585. The van der Waals surface area contributed by atoms with E-state index < -0.39 is 27.3 Å². The molecule has 0 aliphatic rings. The average Bonchev–Trinajstić information content (AvgIpc) is 2.30. The van der Waals surface area contributed by atoms with Gasteiger partial charge >= 0.3 is 0 Å². The van der Waals surface area contributed by atoms with Gasteiger partial charge in [-0.1, -0.05) is 13.8 Å². The molecular weight excluding hydrogens is 283 g/mol. The highest BCUT2D eigenvalue weighted by Crippen LogP contribution is 2.19. The van der Waals surface area contributed by atoms with E-state index in [0.29, 0.717) is 6.42 Å². The molecule has 7 heteroatoms. The van der Waals surface area contributed by atoms with Gasteiger partial charge in [-0.25, -0.2) is 12.8 Å². The van der Waals surface area contributed by atoms with Crippen LogP contribution >= 0.6 is 0 Å². The molecule has 0 atom stereocenters. The molecule has 0 fully saturated rings. The molecule has 0 saturated carbocycles. The van der Waals surface area contributed by atoms with Crippen LogP contribution in [0.2, 0.25) is 0 Å². The molecule has 5 nitrogen and oxygen atoms in total. The molecule has 1 aromatic rings. The summed E-state index contributed by atoms with van der Waals surface area (Å²) in [6.45, 7) is 3.82. The van der Waals surface area contributed by atoms with Gasteiger partial charge in [-0.2, -0.15) is 0 Å². The minimum Gasteiger partial charge on any atom is -0.397 e. The first-order valence-electron chi connectivity index (χ1n) is 6.25. The predicted octanol–water partition coefficient (Wildman–Crippen LogP) is 1.81. The van der Waals surface area contributed by atoms with E-state index in [9.17, 15) is 17.6 Å². The van der Waals surface area contributed by atoms with Gasteiger partial charge in [0.2, 0.25) is 5.91 Å². The molecule has 0 aliphatic carbocycles. The van der Waals surface area contributed by atoms with Crippen molar-refractivity contribution in [1.82, 2.24) is 0 Å². The lowest BCUT2D eigenvalue weighted by atomic mass is 10.2. The van der Waals surface area contributed by atoms with E-state index in [-0.39, 0.29) is 23.0 Å². The number of nitrogen functional groups attached to an aromatic ring is 1. The van der Waals surface area contributed by atoms with E-state index in [1.165, 1.54) is 6.07 Å². The number of hydrogen-bond donors (Lipinski definition) is 2. The summed E-state index contributed by atoms with van der Waals surface area (Å²) in [7, 11) is -3.44. The van der Waals surface area contributed by atoms with Crippen molar-refractivity contribution in [1.29, 1.82) is 0 Å². The molecule has 0 radical (unpaired) electrons. The Hall–Kier alpha value is -1.63. The summed E-state index contributed by atoms with van der Waals surface area (Å²) in [6.07, 6.45) is 0.508. The molecule has 0 aliphatic heterocycles. The summed E-state index contributed by atoms with van der Waals surface area (Å²) in [5.74, 6) is -1.58. The standard InChI is InChI=1S/C13H19FN2O3S/c1-9(2)5-6-20(18,19)8-13(17)16-12-4-3-10(14)7-11(12)15/h3-4,7,9H,5-6,8,15H2,1-2H3,(H,16,17). The Morgan fingerprint density at radius 2 is 2.05 bits per heavy atom. The fourth-order valence-corrected chi connectivity index (χ4v) is 2.97. The predicted molar refractivity (Wildman–Crippen MR) is 77.6 cm³/mol. The van der Waals surface area contributed by atoms with Crippen LogP contribution in [0.3, 0.4) is 0 Å². The van der Waals surface area contributed by atoms with Crippen LogP contribution in [0.25, 0.3) is 0 Å². The highest BCUT2D eigenvalue weighted by molar-refractivity contribution is 7.92. The van der Waals surface area contributed by atoms with Crippen molar-refractivity contribution in [2.45, 2.75) is 20.3 Å². The Balaban J connectivity index is 2.63. The van der Waals surface area contributed by atoms with Crippen LogP contribution < -0.4 is 11.1 Å². The van der Waals surface area contributed by atoms with E-state index >= 15 is 0 Å². The minimum atomic E-state index is -3.44. The second kappa shape index (κ2) is 6.69. The van der Waals surface area contributed by atoms with Gasteiger partial charge in [0.05, 0.1) is 17.1 Å². The van der Waals surface area contributed by atoms with Gasteiger partial charge in [-0.05, 0) is 30.5 Å². The molecule has 0 unspecified atom stereocenters. The van der Waals surface area contributed by atoms with E-state index in [4.69, 9.17) is 5.73 Å². The molecule has 20 heavy (non-hydrogen) atoms. The smallest absolute Gasteiger partial charge is 0.239 e. The summed E-state index contributed by atoms with van der Waals surface area (Å²) >= 11 is 0. The van der Waals surface area contributed by atoms with E-state index in [0.717, 1.165) is 12.1 Å². The fourth-order valence-electron chi connectivity index (χ4n) is 1.52. The largest absolute Gasteiger partial charge is 0.397 e. The Labute approximate surface area is 118 Å². The lowest BCUT2D eigenvalue weighted by Gasteiger charge is -2.09. The third-order valence-electron chi connectivity index (χ3n) is 2.64. The number of carbonyl (C=O) groups excluding carboxylic acids is 1. The maximum atomic E-state index is 12.8. The van der Waals surface area contributed by atoms with Crippen molar-refractivity contribution in [2.75, 3.05) is 22.6 Å². The summed E-state index contributed by atoms with van der Waals surface area (Å²) in [4.78, 5) is 11.7. The Morgan fingerprint density at radius 3 is 2.60 bits per heavy atom. The zero-order valence-corrected chi connectivity index (χ0v) is 12.3. The molecular formula is C13H19FN2O3S. The quantitative estimate of drug-likeness (QED) is 0.784. The molecule has 1 rings (SSSR count). The lowest BCUT2D eigenvalue weighted by molar-refractivity contribution is -0.113. The lowest BCUT2D eigenvalue weighted by Crippen LogP contribution is -2.25. The van der Waals surface area contributed by atoms with Gasteiger partial charge in [0, 0.05) is 0 Å². The van der Waals surface area contributed by atoms with E-state index in [1.54, 1.807) is 0 Å². The second-order valence-corrected chi connectivity index (χ2v) is 7.24. The first-order valence-corrected chi connectivity index (χ1v) is 8.07. The molecule has 0 bridgehead atoms. The zero-order chi connectivity index (χ0) is 15.3. The number of sulfone groups is 1. The monoisotopic (exact) mass is 302 g/mol. The third kappa shape index (κ3) is 5.56. The number of carbonyl (C=O) groups is 1. The van der Waals surface area contributed by atoms with Crippen LogP contribution in [0.5, 0.6) is 0 Å². The van der Waals surface area contributed by atoms with Crippen molar-refractivity contribution in [3.05, 3.63) is 24.0 Å². The van der Waals surface area contributed by atoms with Crippen LogP contribution in [0, 0.1) is 11.7 Å². The maximum Gasteiger partial charge on any atom is 0.239 e. The third-order valence-corrected chi connectivity index (χ3v) is 4.20. The van der Waals surface area contributed by atoms with Crippen LogP contribution in [0.4, 0.5) is 15.8 Å². The van der Waals surface area contributed by atoms with E-state index in [2.05, 4.69) is 5.32 Å². The van der Waals surface area contributed by atoms with Crippen LogP contribution in [-0.4, -0.2) is 25.8 Å². The fraction of sp³-hybridized carbons (Fsp3) is 0.462. The number of nitrogens with one attached hydrogen (secondary N) is 1. The van der Waals surface area contributed by atoms with Crippen LogP contribution in [-0.2, 0) is 14.6 Å². The first-order chi connectivity index (χ1) is 9.19. The maximum absolute atomic E-state index is 12.8. The van der Waals surface area contributed by atoms with Gasteiger partial charge in [-0.15, -0.1) is 0 Å². The summed E-state index contributed by atoms with van der Waals surface area (Å²) in [6, 6.07) is 3.49. The summed E-state index contributed by atoms with van der Waals surface area (Å²) in [5.41, 5.74) is 5.79. The number of benzene rings is 1. The number of anilines is 2. The van der Waals surface area contributed by atoms with Gasteiger partial charge in [0.1, 0.15) is 11.6 Å². The molecule has 1 aromatic carbocycles. The van der Waals surface area contributed by atoms with Gasteiger partial charge in [-0.3, -0.25) is 4.79 Å². The summed E-state index contributed by atoms with van der Waals surface area (Å²) in [5, 5.41) is 2.37. The van der Waals surface area contributed by atoms with Crippen molar-refractivity contribution < 1.29 is 17.6 Å². The number of hydrogen-bond acceptors (Lipinski definition) is 4. The topological polar surface area (TPSA) is 89.3 Å².